The zero-order chi connectivity index (χ0) is 13.0. The van der Waals surface area contributed by atoms with Gasteiger partial charge in [-0.25, -0.2) is 0 Å². The zero-order valence-electron chi connectivity index (χ0n) is 11.0. The fourth-order valence-corrected chi connectivity index (χ4v) is 1.88. The fourth-order valence-electron chi connectivity index (χ4n) is 1.88. The molecular formula is C13H20N2O2. The lowest BCUT2D eigenvalue weighted by Gasteiger charge is -2.18. The van der Waals surface area contributed by atoms with E-state index in [9.17, 15) is 9.59 Å². The third-order valence-electron chi connectivity index (χ3n) is 2.98. The Balaban J connectivity index is 3.19. The van der Waals surface area contributed by atoms with Crippen LogP contribution in [-0.4, -0.2) is 28.9 Å². The van der Waals surface area contributed by atoms with Gasteiger partial charge in [0.2, 0.25) is 0 Å². The Hall–Kier alpha value is -1.58. The maximum absolute atomic E-state index is 12.1. The molecule has 4 nitrogen and oxygen atoms in total. The zero-order valence-corrected chi connectivity index (χ0v) is 11.0. The first kappa shape index (κ1) is 13.5. The Bertz CT molecular complexity index is 459. The molecule has 0 spiro atoms. The van der Waals surface area contributed by atoms with E-state index in [-0.39, 0.29) is 17.0 Å². The van der Waals surface area contributed by atoms with Crippen LogP contribution in [0.25, 0.3) is 0 Å². The highest BCUT2D eigenvalue weighted by molar-refractivity contribution is 5.94. The van der Waals surface area contributed by atoms with E-state index >= 15 is 0 Å². The highest BCUT2D eigenvalue weighted by atomic mass is 16.2. The summed E-state index contributed by atoms with van der Waals surface area (Å²) in [7, 11) is 0. The minimum Gasteiger partial charge on any atom is -0.339 e. The van der Waals surface area contributed by atoms with Gasteiger partial charge in [0.15, 0.2) is 0 Å². The van der Waals surface area contributed by atoms with Gasteiger partial charge in [-0.1, -0.05) is 6.92 Å². The number of nitrogens with zero attached hydrogens (tertiary/aromatic N) is 1. The molecule has 0 aromatic carbocycles. The summed E-state index contributed by atoms with van der Waals surface area (Å²) in [4.78, 5) is 28.3. The number of aromatic nitrogens is 1. The van der Waals surface area contributed by atoms with Crippen LogP contribution in [0, 0.1) is 6.92 Å². The van der Waals surface area contributed by atoms with Crippen molar-refractivity contribution in [2.75, 3.05) is 13.1 Å². The molecule has 17 heavy (non-hydrogen) atoms. The molecule has 0 saturated carbocycles. The molecule has 1 amide bonds. The van der Waals surface area contributed by atoms with Gasteiger partial charge < -0.3 is 9.88 Å². The van der Waals surface area contributed by atoms with Crippen LogP contribution in [-0.2, 0) is 6.42 Å². The molecule has 0 atom stereocenters. The summed E-state index contributed by atoms with van der Waals surface area (Å²) in [6, 6.07) is 1.69. The van der Waals surface area contributed by atoms with E-state index in [0.29, 0.717) is 13.1 Å². The Kier molecular flexibility index (Phi) is 4.49. The first-order valence-electron chi connectivity index (χ1n) is 6.07. The number of nitrogens with one attached hydrogen (secondary N) is 1. The first-order valence-corrected chi connectivity index (χ1v) is 6.07. The van der Waals surface area contributed by atoms with Gasteiger partial charge in [0, 0.05) is 18.8 Å². The minimum atomic E-state index is -0.288. The van der Waals surface area contributed by atoms with Gasteiger partial charge in [-0.05, 0) is 38.8 Å². The third kappa shape index (κ3) is 2.75. The van der Waals surface area contributed by atoms with E-state index in [2.05, 4.69) is 4.98 Å². The lowest BCUT2D eigenvalue weighted by molar-refractivity contribution is 0.0771. The highest BCUT2D eigenvalue weighted by Gasteiger charge is 2.17. The van der Waals surface area contributed by atoms with Crippen molar-refractivity contribution < 1.29 is 4.79 Å². The SMILES string of the molecule is CCc1[nH]c(=O)c(C(=O)N(CC)CC)cc1C. The number of pyridine rings is 1. The van der Waals surface area contributed by atoms with Crippen LogP contribution in [0.1, 0.15) is 42.4 Å². The number of amides is 1. The summed E-state index contributed by atoms with van der Waals surface area (Å²) in [6.45, 7) is 8.93. The van der Waals surface area contributed by atoms with Crippen molar-refractivity contribution in [3.05, 3.63) is 33.2 Å². The van der Waals surface area contributed by atoms with Crippen molar-refractivity contribution >= 4 is 5.91 Å². The van der Waals surface area contributed by atoms with Crippen molar-refractivity contribution in [3.8, 4) is 0 Å². The standard InChI is InChI=1S/C13H20N2O2/c1-5-11-9(4)8-10(12(16)14-11)13(17)15(6-2)7-3/h8H,5-7H2,1-4H3,(H,14,16). The smallest absolute Gasteiger partial charge is 0.261 e. The summed E-state index contributed by atoms with van der Waals surface area (Å²) in [5.41, 5.74) is 1.81. The van der Waals surface area contributed by atoms with Crippen LogP contribution in [0.3, 0.4) is 0 Å². The lowest BCUT2D eigenvalue weighted by Crippen LogP contribution is -2.34. The molecule has 94 valence electrons. The van der Waals surface area contributed by atoms with E-state index in [1.807, 2.05) is 27.7 Å². The molecule has 0 aliphatic carbocycles. The molecule has 0 unspecified atom stereocenters. The molecule has 0 aliphatic heterocycles. The topological polar surface area (TPSA) is 53.2 Å². The summed E-state index contributed by atoms with van der Waals surface area (Å²) in [5.74, 6) is -0.193. The quantitative estimate of drug-likeness (QED) is 0.865. The average molecular weight is 236 g/mol. The van der Waals surface area contributed by atoms with Crippen molar-refractivity contribution in [2.24, 2.45) is 0 Å². The maximum Gasteiger partial charge on any atom is 0.261 e. The summed E-state index contributed by atoms with van der Waals surface area (Å²) < 4.78 is 0. The third-order valence-corrected chi connectivity index (χ3v) is 2.98. The van der Waals surface area contributed by atoms with Gasteiger partial charge in [0.25, 0.3) is 11.5 Å². The van der Waals surface area contributed by atoms with Gasteiger partial charge in [-0.2, -0.15) is 0 Å². The van der Waals surface area contributed by atoms with Gasteiger partial charge in [-0.15, -0.1) is 0 Å². The molecule has 4 heteroatoms. The van der Waals surface area contributed by atoms with Crippen LogP contribution in [0.5, 0.6) is 0 Å². The number of aromatic amines is 1. The largest absolute Gasteiger partial charge is 0.339 e. The van der Waals surface area contributed by atoms with Crippen LogP contribution in [0.4, 0.5) is 0 Å². The van der Waals surface area contributed by atoms with Gasteiger partial charge >= 0.3 is 0 Å². The maximum atomic E-state index is 12.1. The predicted molar refractivity (Wildman–Crippen MR) is 68.4 cm³/mol. The van der Waals surface area contributed by atoms with Crippen LogP contribution >= 0.6 is 0 Å². The van der Waals surface area contributed by atoms with E-state index in [1.165, 1.54) is 0 Å². The average Bonchev–Trinajstić information content (AvgIpc) is 2.32. The lowest BCUT2D eigenvalue weighted by atomic mass is 10.1. The van der Waals surface area contributed by atoms with Gasteiger partial charge in [0.1, 0.15) is 5.56 Å². The summed E-state index contributed by atoms with van der Waals surface area (Å²) >= 11 is 0. The van der Waals surface area contributed by atoms with Crippen LogP contribution in [0.15, 0.2) is 10.9 Å². The summed E-state index contributed by atoms with van der Waals surface area (Å²) in [6.07, 6.45) is 0.765. The monoisotopic (exact) mass is 236 g/mol. The fraction of sp³-hybridized carbons (Fsp3) is 0.538. The predicted octanol–water partition coefficient (Wildman–Crippen LogP) is 1.73. The highest BCUT2D eigenvalue weighted by Crippen LogP contribution is 2.07. The number of aryl methyl sites for hydroxylation is 2. The molecule has 1 aromatic heterocycles. The number of carbonyl (C=O) groups is 1. The summed E-state index contributed by atoms with van der Waals surface area (Å²) in [5, 5.41) is 0. The van der Waals surface area contributed by atoms with Crippen LogP contribution < -0.4 is 5.56 Å². The molecule has 0 radical (unpaired) electrons. The van der Waals surface area contributed by atoms with Crippen molar-refractivity contribution in [1.29, 1.82) is 0 Å². The molecule has 1 rings (SSSR count). The second-order valence-corrected chi connectivity index (χ2v) is 4.00. The second kappa shape index (κ2) is 5.66. The molecule has 0 saturated heterocycles. The van der Waals surface area contributed by atoms with Crippen molar-refractivity contribution in [2.45, 2.75) is 34.1 Å². The number of rotatable bonds is 4. The van der Waals surface area contributed by atoms with Crippen molar-refractivity contribution in [1.82, 2.24) is 9.88 Å². The molecule has 0 aliphatic rings. The van der Waals surface area contributed by atoms with Gasteiger partial charge in [-0.3, -0.25) is 9.59 Å². The minimum absolute atomic E-state index is 0.193. The molecule has 0 fully saturated rings. The second-order valence-electron chi connectivity index (χ2n) is 4.00. The molecular weight excluding hydrogens is 216 g/mol. The van der Waals surface area contributed by atoms with E-state index in [4.69, 9.17) is 0 Å². The van der Waals surface area contributed by atoms with E-state index in [0.717, 1.165) is 17.7 Å². The number of H-pyrrole nitrogens is 1. The molecule has 1 aromatic rings. The van der Waals surface area contributed by atoms with Crippen LogP contribution in [0.2, 0.25) is 0 Å². The molecule has 1 heterocycles. The van der Waals surface area contributed by atoms with E-state index < -0.39 is 0 Å². The Morgan fingerprint density at radius 2 is 1.88 bits per heavy atom. The Morgan fingerprint density at radius 1 is 1.29 bits per heavy atom. The van der Waals surface area contributed by atoms with E-state index in [1.54, 1.807) is 11.0 Å². The first-order chi connectivity index (χ1) is 8.04. The molecule has 0 bridgehead atoms. The number of hydrogen-bond donors (Lipinski definition) is 1. The normalized spacial score (nSPS) is 10.4. The Morgan fingerprint density at radius 3 is 2.35 bits per heavy atom. The van der Waals surface area contributed by atoms with Gasteiger partial charge in [0.05, 0.1) is 0 Å². The molecule has 1 N–H and O–H groups in total. The Labute approximate surface area is 102 Å². The van der Waals surface area contributed by atoms with Crippen molar-refractivity contribution in [3.63, 3.8) is 0 Å². The number of hydrogen-bond acceptors (Lipinski definition) is 2. The number of carbonyl (C=O) groups excluding carboxylic acids is 1.